The number of benzene rings is 2. The van der Waals surface area contributed by atoms with Gasteiger partial charge in [-0.05, 0) is 0 Å². The fourth-order valence-corrected chi connectivity index (χ4v) is 6.20. The second-order valence-electron chi connectivity index (χ2n) is 8.91. The second kappa shape index (κ2) is 9.42. The standard InChI is InChI=1S/C26H30O4Se/c1-25(2,3)20-13-11-18(12-14-20)22-16-26(23(27)29-4,24(28)30-5)15-19(22)17-31-21-9-7-6-8-10-21/h6-14,16,19H,15,17H2,1-5H3. The van der Waals surface area contributed by atoms with Crippen LogP contribution in [0.25, 0.3) is 5.57 Å². The second-order valence-corrected chi connectivity index (χ2v) is 11.2. The average molecular weight is 485 g/mol. The zero-order chi connectivity index (χ0) is 22.6. The normalized spacial score (nSPS) is 17.7. The summed E-state index contributed by atoms with van der Waals surface area (Å²) >= 11 is 0.221. The Morgan fingerprint density at radius 2 is 1.55 bits per heavy atom. The SMILES string of the molecule is COC(=O)C1(C(=O)OC)C=C(c2ccc(C(C)(C)C)cc2)C(C[Se]c2ccccc2)C1. The summed E-state index contributed by atoms with van der Waals surface area (Å²) < 4.78 is 11.4. The van der Waals surface area contributed by atoms with E-state index in [9.17, 15) is 9.59 Å². The van der Waals surface area contributed by atoms with Crippen molar-refractivity contribution in [2.24, 2.45) is 11.3 Å². The van der Waals surface area contributed by atoms with Crippen LogP contribution in [0.3, 0.4) is 0 Å². The van der Waals surface area contributed by atoms with Gasteiger partial charge in [-0.15, -0.1) is 0 Å². The van der Waals surface area contributed by atoms with E-state index in [1.54, 1.807) is 6.08 Å². The molecule has 0 spiro atoms. The van der Waals surface area contributed by atoms with Crippen LogP contribution < -0.4 is 4.46 Å². The van der Waals surface area contributed by atoms with Crippen molar-refractivity contribution >= 4 is 36.9 Å². The maximum atomic E-state index is 12.8. The first-order chi connectivity index (χ1) is 14.7. The quantitative estimate of drug-likeness (QED) is 0.350. The van der Waals surface area contributed by atoms with Gasteiger partial charge in [0.05, 0.1) is 0 Å². The van der Waals surface area contributed by atoms with Crippen LogP contribution in [0.2, 0.25) is 5.32 Å². The van der Waals surface area contributed by atoms with Gasteiger partial charge in [0.2, 0.25) is 0 Å². The molecule has 0 aromatic heterocycles. The van der Waals surface area contributed by atoms with Crippen molar-refractivity contribution in [1.29, 1.82) is 0 Å². The molecule has 0 heterocycles. The molecule has 0 aliphatic heterocycles. The Kier molecular flexibility index (Phi) is 7.08. The summed E-state index contributed by atoms with van der Waals surface area (Å²) in [7, 11) is 2.64. The molecule has 0 bridgehead atoms. The van der Waals surface area contributed by atoms with Crippen molar-refractivity contribution in [1.82, 2.24) is 0 Å². The predicted molar refractivity (Wildman–Crippen MR) is 124 cm³/mol. The first kappa shape index (κ1) is 23.3. The Morgan fingerprint density at radius 3 is 2.06 bits per heavy atom. The number of hydrogen-bond donors (Lipinski definition) is 0. The van der Waals surface area contributed by atoms with E-state index in [1.165, 1.54) is 24.2 Å². The van der Waals surface area contributed by atoms with Crippen molar-refractivity contribution in [2.75, 3.05) is 14.2 Å². The van der Waals surface area contributed by atoms with Gasteiger partial charge in [0.25, 0.3) is 0 Å². The number of methoxy groups -OCH3 is 2. The summed E-state index contributed by atoms with van der Waals surface area (Å²) in [5.74, 6) is -1.05. The number of rotatable bonds is 6. The number of ether oxygens (including phenoxy) is 2. The van der Waals surface area contributed by atoms with Gasteiger partial charge in [0.15, 0.2) is 0 Å². The van der Waals surface area contributed by atoms with E-state index in [1.807, 2.05) is 18.2 Å². The molecule has 2 aromatic rings. The number of carbonyl (C=O) groups is 2. The minimum absolute atomic E-state index is 0.0558. The summed E-state index contributed by atoms with van der Waals surface area (Å²) in [4.78, 5) is 25.5. The van der Waals surface area contributed by atoms with E-state index in [4.69, 9.17) is 9.47 Å². The van der Waals surface area contributed by atoms with Gasteiger partial charge < -0.3 is 0 Å². The van der Waals surface area contributed by atoms with Crippen LogP contribution in [0.15, 0.2) is 60.7 Å². The van der Waals surface area contributed by atoms with Crippen molar-refractivity contribution in [3.8, 4) is 0 Å². The van der Waals surface area contributed by atoms with Crippen molar-refractivity contribution < 1.29 is 19.1 Å². The van der Waals surface area contributed by atoms with Crippen molar-refractivity contribution in [2.45, 2.75) is 37.9 Å². The van der Waals surface area contributed by atoms with Gasteiger partial charge in [0, 0.05) is 0 Å². The van der Waals surface area contributed by atoms with Gasteiger partial charge in [0.1, 0.15) is 0 Å². The molecule has 31 heavy (non-hydrogen) atoms. The molecule has 1 unspecified atom stereocenters. The molecule has 0 saturated carbocycles. The zero-order valence-electron chi connectivity index (χ0n) is 18.8. The Balaban J connectivity index is 1.99. The molecule has 0 saturated heterocycles. The summed E-state index contributed by atoms with van der Waals surface area (Å²) in [6.07, 6.45) is 2.17. The van der Waals surface area contributed by atoms with Crippen LogP contribution in [0.5, 0.6) is 0 Å². The van der Waals surface area contributed by atoms with Gasteiger partial charge in [-0.2, -0.15) is 0 Å². The average Bonchev–Trinajstić information content (AvgIpc) is 3.17. The van der Waals surface area contributed by atoms with Gasteiger partial charge in [-0.3, -0.25) is 0 Å². The van der Waals surface area contributed by atoms with Crippen molar-refractivity contribution in [3.63, 3.8) is 0 Å². The molecule has 5 heteroatoms. The molecule has 1 aliphatic carbocycles. The van der Waals surface area contributed by atoms with E-state index in [-0.39, 0.29) is 26.3 Å². The zero-order valence-corrected chi connectivity index (χ0v) is 20.5. The summed E-state index contributed by atoms with van der Waals surface area (Å²) in [6.45, 7) is 6.55. The van der Waals surface area contributed by atoms with E-state index in [0.717, 1.165) is 16.5 Å². The van der Waals surface area contributed by atoms with Crippen molar-refractivity contribution in [3.05, 3.63) is 71.8 Å². The predicted octanol–water partition coefficient (Wildman–Crippen LogP) is 4.17. The van der Waals surface area contributed by atoms with Crippen LogP contribution in [0, 0.1) is 11.3 Å². The van der Waals surface area contributed by atoms with Gasteiger partial charge >= 0.3 is 191 Å². The minimum atomic E-state index is -1.39. The Hall–Kier alpha value is -2.36. The number of carbonyl (C=O) groups excluding carboxylic acids is 2. The number of allylic oxidation sites excluding steroid dienone is 1. The monoisotopic (exact) mass is 486 g/mol. The fraction of sp³-hybridized carbons (Fsp3) is 0.385. The number of esters is 2. The topological polar surface area (TPSA) is 52.6 Å². The Morgan fingerprint density at radius 1 is 0.968 bits per heavy atom. The molecular formula is C26H30O4Se. The van der Waals surface area contributed by atoms with E-state index < -0.39 is 17.4 Å². The molecule has 0 amide bonds. The molecule has 0 N–H and O–H groups in total. The van der Waals surface area contributed by atoms with E-state index >= 15 is 0 Å². The molecular weight excluding hydrogens is 455 g/mol. The van der Waals surface area contributed by atoms with Gasteiger partial charge in [-0.1, -0.05) is 0 Å². The third kappa shape index (κ3) is 4.94. The first-order valence-corrected chi connectivity index (χ1v) is 12.5. The first-order valence-electron chi connectivity index (χ1n) is 10.4. The van der Waals surface area contributed by atoms with Crippen LogP contribution in [-0.2, 0) is 24.5 Å². The van der Waals surface area contributed by atoms with Gasteiger partial charge in [-0.25, -0.2) is 0 Å². The molecule has 2 aromatic carbocycles. The van der Waals surface area contributed by atoms with Crippen LogP contribution in [-0.4, -0.2) is 41.1 Å². The fourth-order valence-electron chi connectivity index (χ4n) is 4.02. The summed E-state index contributed by atoms with van der Waals surface area (Å²) in [5.41, 5.74) is 1.97. The summed E-state index contributed by atoms with van der Waals surface area (Å²) in [5, 5.41) is 0.888. The molecule has 0 radical (unpaired) electrons. The molecule has 1 aliphatic rings. The molecule has 1 atom stereocenters. The molecule has 4 nitrogen and oxygen atoms in total. The number of hydrogen-bond acceptors (Lipinski definition) is 4. The van der Waals surface area contributed by atoms with Crippen LogP contribution in [0.4, 0.5) is 0 Å². The van der Waals surface area contributed by atoms with Crippen LogP contribution in [0.1, 0.15) is 38.3 Å². The Labute approximate surface area is 191 Å². The summed E-state index contributed by atoms with van der Waals surface area (Å²) in [6, 6.07) is 18.8. The molecule has 3 rings (SSSR count). The Bertz CT molecular complexity index is 939. The molecule has 0 fully saturated rings. The molecule has 164 valence electrons. The third-order valence-electron chi connectivity index (χ3n) is 5.79. The maximum absolute atomic E-state index is 12.8. The van der Waals surface area contributed by atoms with E-state index in [2.05, 4.69) is 57.2 Å². The van der Waals surface area contributed by atoms with E-state index in [0.29, 0.717) is 6.42 Å². The van der Waals surface area contributed by atoms with Crippen LogP contribution >= 0.6 is 0 Å². The third-order valence-corrected chi connectivity index (χ3v) is 8.25.